The second kappa shape index (κ2) is 30.1. The molecule has 6 unspecified atom stereocenters. The van der Waals surface area contributed by atoms with E-state index < -0.39 is 0 Å². The predicted molar refractivity (Wildman–Crippen MR) is 434 cm³/mol. The third kappa shape index (κ3) is 13.9. The molecule has 9 aliphatic rings. The number of nitrogens with zero attached hydrogens (tertiary/aromatic N) is 18. The molecule has 3 saturated heterocycles. The monoisotopic (exact) mass is 1490 g/mol. The minimum Gasteiger partial charge on any atom is -0.379 e. The summed E-state index contributed by atoms with van der Waals surface area (Å²) in [5, 5.41) is 15.4. The van der Waals surface area contributed by atoms with Crippen LogP contribution in [0.2, 0.25) is 0 Å². The summed E-state index contributed by atoms with van der Waals surface area (Å²) in [6.45, 7) is 32.0. The number of pyridine rings is 6. The first-order valence-corrected chi connectivity index (χ1v) is 41.6. The fraction of sp³-hybridized carbons (Fsp3) is 0.500. The summed E-state index contributed by atoms with van der Waals surface area (Å²) < 4.78 is 30.4. The number of hydrogen-bond donors (Lipinski definition) is 0. The van der Waals surface area contributed by atoms with Crippen molar-refractivity contribution in [2.75, 3.05) is 78.9 Å². The Morgan fingerprint density at radius 2 is 0.595 bits per heavy atom. The Hall–Kier alpha value is -9.09. The third-order valence-electron chi connectivity index (χ3n) is 26.9. The van der Waals surface area contributed by atoms with Crippen LogP contribution < -0.4 is 0 Å². The molecule has 15 atom stereocenters. The fourth-order valence-corrected chi connectivity index (χ4v) is 20.9. The maximum absolute atomic E-state index is 5.58. The highest BCUT2D eigenvalue weighted by Crippen LogP contribution is 2.67. The van der Waals surface area contributed by atoms with E-state index in [0.717, 1.165) is 216 Å². The summed E-state index contributed by atoms with van der Waals surface area (Å²) in [5.41, 5.74) is 20.1. The lowest BCUT2D eigenvalue weighted by Crippen LogP contribution is -2.43. The molecule has 0 spiro atoms. The van der Waals surface area contributed by atoms with E-state index in [-0.39, 0.29) is 18.1 Å². The Labute approximate surface area is 651 Å². The molecule has 15 heterocycles. The van der Waals surface area contributed by atoms with Crippen LogP contribution in [-0.2, 0) is 14.2 Å². The molecule has 6 aliphatic carbocycles. The SMILES string of the molecule is CC(C)n1nc(-c2cnc3ccn([C@@H](C)c4ccccn4)c3c2)cc1C1[C@H]2CC(N3CCOCC3)C[C@@H]12.CC(C)n1nc(-c2cnc3ccn([C@H](C)c4ccccn4)c3c2)cc1C1[C@H]2CC(N3CCOCC3)C[C@@H]12.CC(C)n1nc(-c2cnc3ccn([C@H](C)c4ccccn4)c3c2)cc1C1[C@H]2CC(N3CCOCC3)C[C@@H]12. The van der Waals surface area contributed by atoms with Crippen LogP contribution in [0.25, 0.3) is 66.9 Å². The van der Waals surface area contributed by atoms with E-state index in [1.807, 2.05) is 73.6 Å². The average Bonchev–Trinajstić information content (AvgIpc) is 1.56. The van der Waals surface area contributed by atoms with Gasteiger partial charge in [0.25, 0.3) is 0 Å². The van der Waals surface area contributed by atoms with Crippen molar-refractivity contribution in [1.82, 2.24) is 87.6 Å². The van der Waals surface area contributed by atoms with Crippen molar-refractivity contribution in [3.8, 4) is 33.8 Å². The fourth-order valence-electron chi connectivity index (χ4n) is 20.9. The van der Waals surface area contributed by atoms with Crippen molar-refractivity contribution in [1.29, 1.82) is 0 Å². The van der Waals surface area contributed by atoms with Crippen LogP contribution in [0.15, 0.2) is 165 Å². The van der Waals surface area contributed by atoms with Crippen molar-refractivity contribution in [3.63, 3.8) is 0 Å². The van der Waals surface area contributed by atoms with E-state index in [2.05, 4.69) is 211 Å². The largest absolute Gasteiger partial charge is 0.379 e. The Bertz CT molecular complexity index is 4680. The number of rotatable bonds is 18. The maximum atomic E-state index is 5.58. The second-order valence-electron chi connectivity index (χ2n) is 34.2. The van der Waals surface area contributed by atoms with E-state index in [0.29, 0.717) is 35.9 Å². The van der Waals surface area contributed by atoms with Gasteiger partial charge in [0.2, 0.25) is 0 Å². The van der Waals surface area contributed by atoms with E-state index in [9.17, 15) is 0 Å². The first kappa shape index (κ1) is 72.2. The summed E-state index contributed by atoms with van der Waals surface area (Å²) in [4.78, 5) is 36.2. The van der Waals surface area contributed by atoms with Gasteiger partial charge < -0.3 is 27.9 Å². The minimum atomic E-state index is 0.129. The Morgan fingerprint density at radius 1 is 0.324 bits per heavy atom. The van der Waals surface area contributed by atoms with Gasteiger partial charge in [-0.1, -0.05) is 18.2 Å². The van der Waals surface area contributed by atoms with Gasteiger partial charge in [-0.15, -0.1) is 0 Å². The van der Waals surface area contributed by atoms with E-state index in [1.165, 1.54) is 55.6 Å². The molecule has 576 valence electrons. The smallest absolute Gasteiger partial charge is 0.0942 e. The lowest BCUT2D eigenvalue weighted by atomic mass is 10.0. The van der Waals surface area contributed by atoms with E-state index >= 15 is 0 Å². The standard InChI is InChI=1S/3C30H36N6O/c3*1-19(2)36-29(30-23-15-22(16-24(23)30)34-10-12-37-13-11-34)17-27(33-36)21-14-28-26(32-18-21)7-9-35(28)20(3)25-6-4-5-8-31-25/h3*4-9,14,17-20,22-24,30H,10-13,15-16H2,1-3H3/t3*20-,22?,23-,24+,30?/m110/s1. The quantitative estimate of drug-likeness (QED) is 0.0790. The maximum Gasteiger partial charge on any atom is 0.0942 e. The van der Waals surface area contributed by atoms with Crippen LogP contribution >= 0.6 is 0 Å². The highest BCUT2D eigenvalue weighted by Gasteiger charge is 2.61. The van der Waals surface area contributed by atoms with Crippen LogP contribution in [0.1, 0.15) is 189 Å². The highest BCUT2D eigenvalue weighted by molar-refractivity contribution is 5.83. The van der Waals surface area contributed by atoms with Crippen LogP contribution in [0.3, 0.4) is 0 Å². The summed E-state index contributed by atoms with van der Waals surface area (Å²) in [6.07, 6.45) is 25.8. The predicted octanol–water partition coefficient (Wildman–Crippen LogP) is 15.9. The summed E-state index contributed by atoms with van der Waals surface area (Å²) in [6, 6.07) is 42.0. The molecule has 111 heavy (non-hydrogen) atoms. The molecule has 0 amide bonds. The molecule has 0 N–H and O–H groups in total. The Kier molecular flexibility index (Phi) is 19.6. The number of hydrogen-bond acceptors (Lipinski definition) is 15. The van der Waals surface area contributed by atoms with Gasteiger partial charge in [0.05, 0.1) is 125 Å². The summed E-state index contributed by atoms with van der Waals surface area (Å²) in [7, 11) is 0. The lowest BCUT2D eigenvalue weighted by Gasteiger charge is -2.33. The normalized spacial score (nSPS) is 26.6. The van der Waals surface area contributed by atoms with Crippen molar-refractivity contribution >= 4 is 33.1 Å². The van der Waals surface area contributed by atoms with Crippen molar-refractivity contribution in [2.24, 2.45) is 35.5 Å². The van der Waals surface area contributed by atoms with E-state index in [4.69, 9.17) is 44.5 Å². The third-order valence-corrected chi connectivity index (χ3v) is 26.9. The second-order valence-corrected chi connectivity index (χ2v) is 34.2. The van der Waals surface area contributed by atoms with Gasteiger partial charge in [-0.25, -0.2) is 0 Å². The van der Waals surface area contributed by atoms with Crippen LogP contribution in [0.5, 0.6) is 0 Å². The number of aromatic nitrogens is 15. The molecule has 0 radical (unpaired) electrons. The molecule has 3 aliphatic heterocycles. The van der Waals surface area contributed by atoms with Gasteiger partial charge in [0, 0.05) is 183 Å². The first-order valence-electron chi connectivity index (χ1n) is 41.6. The van der Waals surface area contributed by atoms with Gasteiger partial charge in [-0.3, -0.25) is 58.6 Å². The molecular weight excluding hydrogens is 1380 g/mol. The number of ether oxygens (including phenoxy) is 3. The molecule has 6 saturated carbocycles. The van der Waals surface area contributed by atoms with Crippen LogP contribution in [-0.4, -0.2) is 185 Å². The average molecular weight is 1490 g/mol. The molecule has 0 bridgehead atoms. The Morgan fingerprint density at radius 3 is 0.838 bits per heavy atom. The van der Waals surface area contributed by atoms with Gasteiger partial charge in [-0.2, -0.15) is 15.3 Å². The highest BCUT2D eigenvalue weighted by atomic mass is 16.5. The first-order chi connectivity index (χ1) is 54.2. The van der Waals surface area contributed by atoms with Gasteiger partial charge >= 0.3 is 0 Å². The zero-order chi connectivity index (χ0) is 75.3. The molecular formula is C90H108N18O3. The molecule has 21 rings (SSSR count). The van der Waals surface area contributed by atoms with Gasteiger partial charge in [0.1, 0.15) is 0 Å². The number of morpholine rings is 3. The minimum absolute atomic E-state index is 0.129. The van der Waals surface area contributed by atoms with E-state index in [1.54, 1.807) is 0 Å². The van der Waals surface area contributed by atoms with Gasteiger partial charge in [0.15, 0.2) is 0 Å². The number of fused-ring (bicyclic) bond motifs is 6. The summed E-state index contributed by atoms with van der Waals surface area (Å²) in [5.74, 6) is 6.72. The zero-order valence-corrected chi connectivity index (χ0v) is 66.0. The Balaban J connectivity index is 0.000000112. The molecule has 12 aromatic heterocycles. The van der Waals surface area contributed by atoms with Crippen LogP contribution in [0.4, 0.5) is 0 Å². The van der Waals surface area contributed by atoms with Gasteiger partial charge in [-0.05, 0) is 227 Å². The molecule has 0 aromatic carbocycles. The van der Waals surface area contributed by atoms with Crippen LogP contribution in [0, 0.1) is 35.5 Å². The topological polar surface area (TPSA) is 183 Å². The van der Waals surface area contributed by atoms with Crippen molar-refractivity contribution in [2.45, 2.75) is 173 Å². The zero-order valence-electron chi connectivity index (χ0n) is 66.0. The molecule has 9 fully saturated rings. The van der Waals surface area contributed by atoms with Crippen molar-refractivity contribution in [3.05, 3.63) is 199 Å². The summed E-state index contributed by atoms with van der Waals surface area (Å²) >= 11 is 0. The molecule has 21 nitrogen and oxygen atoms in total. The van der Waals surface area contributed by atoms with Crippen molar-refractivity contribution < 1.29 is 14.2 Å². The lowest BCUT2D eigenvalue weighted by molar-refractivity contribution is 0.0151. The molecule has 21 heteroatoms. The molecule has 12 aromatic rings.